The summed E-state index contributed by atoms with van der Waals surface area (Å²) in [6.45, 7) is 2.13. The van der Waals surface area contributed by atoms with E-state index < -0.39 is 0 Å². The number of halogens is 1. The first-order valence-corrected chi connectivity index (χ1v) is 10.2. The number of aromatic hydroxyl groups is 1. The van der Waals surface area contributed by atoms with Crippen molar-refractivity contribution < 1.29 is 5.11 Å². The van der Waals surface area contributed by atoms with Gasteiger partial charge in [-0.1, -0.05) is 47.1 Å². The summed E-state index contributed by atoms with van der Waals surface area (Å²) in [4.78, 5) is 5.29. The van der Waals surface area contributed by atoms with Crippen molar-refractivity contribution in [3.8, 4) is 11.6 Å². The number of hydrogen-bond donors (Lipinski definition) is 1. The number of allylic oxidation sites excluding steroid dienone is 1. The largest absolute Gasteiger partial charge is 0.493 e. The van der Waals surface area contributed by atoms with Crippen LogP contribution >= 0.6 is 39.5 Å². The monoisotopic (exact) mass is 442 g/mol. The number of benzene rings is 2. The molecule has 0 atom stereocenters. The lowest BCUT2D eigenvalue weighted by atomic mass is 10.0. The molecule has 0 fully saturated rings. The predicted octanol–water partition coefficient (Wildman–Crippen LogP) is 6.56. The van der Waals surface area contributed by atoms with Gasteiger partial charge < -0.3 is 5.11 Å². The first-order valence-electron chi connectivity index (χ1n) is 8.17. The lowest BCUT2D eigenvalue weighted by Crippen LogP contribution is -1.92. The fraction of sp³-hybridized carbons (Fsp3) is 0.100. The normalized spacial score (nSPS) is 14.2. The van der Waals surface area contributed by atoms with Crippen LogP contribution in [0.15, 0.2) is 51.9 Å². The number of aryl methyl sites for hydroxylation is 1. The zero-order chi connectivity index (χ0) is 18.3. The Morgan fingerprint density at radius 3 is 2.85 bits per heavy atom. The Labute approximate surface area is 169 Å². The van der Waals surface area contributed by atoms with E-state index in [4.69, 9.17) is 12.2 Å². The third-order valence-electron chi connectivity index (χ3n) is 4.31. The van der Waals surface area contributed by atoms with Gasteiger partial charge in [0.15, 0.2) is 3.95 Å². The van der Waals surface area contributed by atoms with Crippen LogP contribution in [0, 0.1) is 3.95 Å². The molecule has 4 rings (SSSR count). The summed E-state index contributed by atoms with van der Waals surface area (Å²) in [6, 6.07) is 13.9. The van der Waals surface area contributed by atoms with Crippen LogP contribution in [0.25, 0.3) is 17.3 Å². The summed E-state index contributed by atoms with van der Waals surface area (Å²) in [5, 5.41) is 10.8. The van der Waals surface area contributed by atoms with Crippen LogP contribution in [0.1, 0.15) is 22.9 Å². The van der Waals surface area contributed by atoms with E-state index in [-0.39, 0.29) is 5.88 Å². The van der Waals surface area contributed by atoms with E-state index >= 15 is 0 Å². The molecule has 3 aromatic rings. The Bertz CT molecular complexity index is 1130. The van der Waals surface area contributed by atoms with Crippen molar-refractivity contribution in [1.82, 2.24) is 4.57 Å². The molecule has 1 aliphatic heterocycles. The van der Waals surface area contributed by atoms with Crippen molar-refractivity contribution in [1.29, 1.82) is 0 Å². The third kappa shape index (κ3) is 2.98. The molecule has 0 bridgehead atoms. The molecule has 0 saturated carbocycles. The van der Waals surface area contributed by atoms with Gasteiger partial charge in [0.25, 0.3) is 0 Å². The van der Waals surface area contributed by atoms with Crippen molar-refractivity contribution in [3.05, 3.63) is 66.9 Å². The minimum atomic E-state index is 0.152. The van der Waals surface area contributed by atoms with Gasteiger partial charge in [0.05, 0.1) is 16.3 Å². The number of nitrogens with zero attached hydrogens (tertiary/aromatic N) is 2. The van der Waals surface area contributed by atoms with E-state index in [1.807, 2.05) is 36.6 Å². The van der Waals surface area contributed by atoms with Gasteiger partial charge in [-0.05, 0) is 48.5 Å². The van der Waals surface area contributed by atoms with Gasteiger partial charge in [0, 0.05) is 21.8 Å². The number of fused-ring (bicyclic) bond motifs is 1. The van der Waals surface area contributed by atoms with Gasteiger partial charge in [0.1, 0.15) is 0 Å². The van der Waals surface area contributed by atoms with Crippen molar-refractivity contribution >= 4 is 63.0 Å². The first kappa shape index (κ1) is 17.4. The minimum absolute atomic E-state index is 0.152. The van der Waals surface area contributed by atoms with Crippen LogP contribution in [0.2, 0.25) is 0 Å². The molecular weight excluding hydrogens is 428 g/mol. The Morgan fingerprint density at radius 1 is 1.27 bits per heavy atom. The molecule has 0 spiro atoms. The molecular formula is C20H15BrN2OS2. The first-order chi connectivity index (χ1) is 12.6. The molecule has 0 radical (unpaired) electrons. The Morgan fingerprint density at radius 2 is 2.08 bits per heavy atom. The fourth-order valence-electron chi connectivity index (χ4n) is 3.04. The lowest BCUT2D eigenvalue weighted by molar-refractivity contribution is 0.441. The van der Waals surface area contributed by atoms with Crippen molar-refractivity contribution in [2.45, 2.75) is 13.3 Å². The molecule has 1 aromatic heterocycles. The van der Waals surface area contributed by atoms with Crippen LogP contribution in [0.4, 0.5) is 5.69 Å². The van der Waals surface area contributed by atoms with Crippen LogP contribution < -0.4 is 0 Å². The second-order valence-corrected chi connectivity index (χ2v) is 8.49. The smallest absolute Gasteiger partial charge is 0.215 e. The van der Waals surface area contributed by atoms with Crippen LogP contribution in [-0.2, 0) is 6.42 Å². The lowest BCUT2D eigenvalue weighted by Gasteiger charge is -2.06. The second-order valence-electron chi connectivity index (χ2n) is 5.90. The SMILES string of the molecule is CCc1cccc2c1N=CC2=Cc1sc(=S)n(-c2cccc(Br)c2)c1O. The molecule has 130 valence electrons. The maximum absolute atomic E-state index is 10.8. The van der Waals surface area contributed by atoms with E-state index in [2.05, 4.69) is 46.0 Å². The van der Waals surface area contributed by atoms with Crippen molar-refractivity contribution in [3.63, 3.8) is 0 Å². The molecule has 1 aliphatic rings. The van der Waals surface area contributed by atoms with E-state index in [1.165, 1.54) is 16.9 Å². The van der Waals surface area contributed by atoms with E-state index in [9.17, 15) is 5.11 Å². The van der Waals surface area contributed by atoms with Gasteiger partial charge in [0.2, 0.25) is 5.88 Å². The molecule has 0 unspecified atom stereocenters. The van der Waals surface area contributed by atoms with Gasteiger partial charge in [-0.2, -0.15) is 0 Å². The molecule has 3 nitrogen and oxygen atoms in total. The summed E-state index contributed by atoms with van der Waals surface area (Å²) in [5.41, 5.74) is 5.17. The van der Waals surface area contributed by atoms with Crippen LogP contribution in [-0.4, -0.2) is 15.9 Å². The summed E-state index contributed by atoms with van der Waals surface area (Å²) in [7, 11) is 0. The molecule has 0 amide bonds. The highest BCUT2D eigenvalue weighted by molar-refractivity contribution is 9.10. The number of rotatable bonds is 3. The quantitative estimate of drug-likeness (QED) is 0.466. The summed E-state index contributed by atoms with van der Waals surface area (Å²) in [5.74, 6) is 0.152. The van der Waals surface area contributed by atoms with E-state index in [0.29, 0.717) is 3.95 Å². The molecule has 0 aliphatic carbocycles. The fourth-order valence-corrected chi connectivity index (χ4v) is 4.73. The number of aromatic nitrogens is 1. The molecule has 1 N–H and O–H groups in total. The molecule has 26 heavy (non-hydrogen) atoms. The maximum Gasteiger partial charge on any atom is 0.215 e. The van der Waals surface area contributed by atoms with Crippen LogP contribution in [0.3, 0.4) is 0 Å². The molecule has 0 saturated heterocycles. The Kier molecular flexibility index (Phi) is 4.65. The highest BCUT2D eigenvalue weighted by Gasteiger charge is 2.18. The molecule has 6 heteroatoms. The summed E-state index contributed by atoms with van der Waals surface area (Å²) >= 11 is 10.3. The summed E-state index contributed by atoms with van der Waals surface area (Å²) in [6.07, 6.45) is 4.76. The minimum Gasteiger partial charge on any atom is -0.493 e. The van der Waals surface area contributed by atoms with Gasteiger partial charge in [-0.25, -0.2) is 0 Å². The Hall–Kier alpha value is -2.02. The molecule has 2 aromatic carbocycles. The molecule has 2 heterocycles. The topological polar surface area (TPSA) is 37.5 Å². The number of thiazole rings is 1. The predicted molar refractivity (Wildman–Crippen MR) is 116 cm³/mol. The number of para-hydroxylation sites is 1. The van der Waals surface area contributed by atoms with Crippen molar-refractivity contribution in [2.75, 3.05) is 0 Å². The number of aliphatic imine (C=N–C) groups is 1. The zero-order valence-corrected chi connectivity index (χ0v) is 17.2. The van der Waals surface area contributed by atoms with Gasteiger partial charge >= 0.3 is 0 Å². The standard InChI is InChI=1S/C20H15BrN2OS2/c1-2-12-5-3-8-16-13(11-22-18(12)16)9-17-19(24)23(20(25)26-17)15-7-4-6-14(21)10-15/h3-11,24H,2H2,1H3. The number of hydrogen-bond acceptors (Lipinski definition) is 4. The zero-order valence-electron chi connectivity index (χ0n) is 13.9. The Balaban J connectivity index is 1.81. The van der Waals surface area contributed by atoms with Crippen LogP contribution in [0.5, 0.6) is 5.88 Å². The van der Waals surface area contributed by atoms with E-state index in [1.54, 1.807) is 4.57 Å². The summed E-state index contributed by atoms with van der Waals surface area (Å²) < 4.78 is 3.23. The highest BCUT2D eigenvalue weighted by atomic mass is 79.9. The average molecular weight is 443 g/mol. The second kappa shape index (κ2) is 6.95. The van der Waals surface area contributed by atoms with Crippen molar-refractivity contribution in [2.24, 2.45) is 4.99 Å². The van der Waals surface area contributed by atoms with Gasteiger partial charge in [-0.15, -0.1) is 11.3 Å². The third-order valence-corrected chi connectivity index (χ3v) is 6.11. The van der Waals surface area contributed by atoms with Gasteiger partial charge in [-0.3, -0.25) is 9.56 Å². The van der Waals surface area contributed by atoms with E-state index in [0.717, 1.165) is 38.3 Å². The highest BCUT2D eigenvalue weighted by Crippen LogP contribution is 2.38. The maximum atomic E-state index is 10.8. The average Bonchev–Trinajstić information content (AvgIpc) is 3.16.